The Bertz CT molecular complexity index is 21.6. The molecule has 0 aromatic carbocycles. The van der Waals surface area contributed by atoms with E-state index in [1.807, 2.05) is 0 Å². The Labute approximate surface area is 36.2 Å². The van der Waals surface area contributed by atoms with Crippen molar-refractivity contribution in [3.8, 4) is 0 Å². The molecule has 2 nitrogen and oxygen atoms in total. The predicted octanol–water partition coefficient (Wildman–Crippen LogP) is -1.87. The standard InChI is InChI=1S/CH8O2Si2/c1-5(2)3-4/h2,5H,1,4H3. The molecule has 1 atom stereocenters. The molecule has 0 aromatic heterocycles. The van der Waals surface area contributed by atoms with Gasteiger partial charge in [0.15, 0.2) is 0 Å². The lowest BCUT2D eigenvalue weighted by Gasteiger charge is -1.91. The summed E-state index contributed by atoms with van der Waals surface area (Å²) in [5, 5.41) is 0. The van der Waals surface area contributed by atoms with Gasteiger partial charge in [0.25, 0.3) is 0 Å². The van der Waals surface area contributed by atoms with Crippen molar-refractivity contribution in [3.63, 3.8) is 0 Å². The molecule has 0 rings (SSSR count). The van der Waals surface area contributed by atoms with Crippen LogP contribution in [0.25, 0.3) is 0 Å². The topological polar surface area (TPSA) is 29.5 Å². The van der Waals surface area contributed by atoms with Gasteiger partial charge in [-0.1, -0.05) is 0 Å². The van der Waals surface area contributed by atoms with Crippen molar-refractivity contribution in [2.45, 2.75) is 6.55 Å². The van der Waals surface area contributed by atoms with E-state index in [1.54, 1.807) is 6.55 Å². The van der Waals surface area contributed by atoms with Crippen molar-refractivity contribution in [2.75, 3.05) is 0 Å². The second-order valence-corrected chi connectivity index (χ2v) is 3.92. The number of hydrogen-bond acceptors (Lipinski definition) is 2. The fourth-order valence-electron chi connectivity index (χ4n) is 0. The van der Waals surface area contributed by atoms with Crippen LogP contribution in [0.5, 0.6) is 0 Å². The maximum Gasteiger partial charge on any atom is 0.304 e. The van der Waals surface area contributed by atoms with E-state index in [0.717, 1.165) is 0 Å². The molecular weight excluding hydrogens is 100 g/mol. The molecule has 0 radical (unpaired) electrons. The normalized spacial score (nSPS) is 15.6. The highest BCUT2D eigenvalue weighted by Crippen LogP contribution is 1.65. The van der Waals surface area contributed by atoms with Crippen LogP contribution in [0.1, 0.15) is 0 Å². The quantitative estimate of drug-likeness (QED) is 0.399. The zero-order valence-electron chi connectivity index (χ0n) is 3.43. The van der Waals surface area contributed by atoms with Crippen LogP contribution in [0, 0.1) is 0 Å². The monoisotopic (exact) mass is 108 g/mol. The molecule has 0 spiro atoms. The Morgan fingerprint density at radius 2 is 2.20 bits per heavy atom. The summed E-state index contributed by atoms with van der Waals surface area (Å²) in [5.74, 6) is 0. The van der Waals surface area contributed by atoms with Crippen molar-refractivity contribution in [1.29, 1.82) is 0 Å². The third kappa shape index (κ3) is 4.35. The highest BCUT2D eigenvalue weighted by atomic mass is 28.3. The lowest BCUT2D eigenvalue weighted by molar-refractivity contribution is 0.447. The van der Waals surface area contributed by atoms with Crippen molar-refractivity contribution in [2.24, 2.45) is 0 Å². The summed E-state index contributed by atoms with van der Waals surface area (Å²) in [4.78, 5) is 8.31. The van der Waals surface area contributed by atoms with Gasteiger partial charge >= 0.3 is 9.28 Å². The molecule has 0 heterocycles. The molecule has 0 saturated heterocycles. The Balaban J connectivity index is 2.54. The van der Waals surface area contributed by atoms with Gasteiger partial charge in [-0.25, -0.2) is 0 Å². The number of rotatable bonds is 1. The first-order valence-corrected chi connectivity index (χ1v) is 4.44. The van der Waals surface area contributed by atoms with E-state index in [-0.39, 0.29) is 0 Å². The van der Waals surface area contributed by atoms with Crippen LogP contribution in [0.2, 0.25) is 6.55 Å². The molecule has 4 heteroatoms. The minimum atomic E-state index is -1.59. The summed E-state index contributed by atoms with van der Waals surface area (Å²) in [6.45, 7) is 1.73. The lowest BCUT2D eigenvalue weighted by Crippen LogP contribution is -2.08. The molecule has 0 bridgehead atoms. The molecule has 0 aliphatic heterocycles. The first-order valence-electron chi connectivity index (χ1n) is 1.48. The smallest absolute Gasteiger partial charge is 0.304 e. The third-order valence-electron chi connectivity index (χ3n) is 0.341. The highest BCUT2D eigenvalue weighted by molar-refractivity contribution is 6.45. The molecule has 0 aromatic rings. The van der Waals surface area contributed by atoms with Gasteiger partial charge in [0.2, 0.25) is 0 Å². The van der Waals surface area contributed by atoms with E-state index in [9.17, 15) is 0 Å². The molecule has 5 heavy (non-hydrogen) atoms. The van der Waals surface area contributed by atoms with Gasteiger partial charge in [-0.15, -0.1) is 0 Å². The van der Waals surface area contributed by atoms with Gasteiger partial charge in [-0.2, -0.15) is 0 Å². The minimum absolute atomic E-state index is 0.685. The summed E-state index contributed by atoms with van der Waals surface area (Å²) in [7, 11) is -0.903. The van der Waals surface area contributed by atoms with Crippen molar-refractivity contribution < 1.29 is 8.91 Å². The minimum Gasteiger partial charge on any atom is -0.447 e. The first kappa shape index (κ1) is 5.35. The summed E-state index contributed by atoms with van der Waals surface area (Å²) in [6, 6.07) is 0. The fourth-order valence-corrected chi connectivity index (χ4v) is 0. The number of hydrogen-bond donors (Lipinski definition) is 1. The summed E-state index contributed by atoms with van der Waals surface area (Å²) < 4.78 is 4.58. The van der Waals surface area contributed by atoms with E-state index in [1.165, 1.54) is 0 Å². The predicted molar refractivity (Wildman–Crippen MR) is 26.3 cm³/mol. The molecule has 0 fully saturated rings. The van der Waals surface area contributed by atoms with Gasteiger partial charge < -0.3 is 8.91 Å². The maximum absolute atomic E-state index is 8.31. The van der Waals surface area contributed by atoms with Crippen molar-refractivity contribution >= 4 is 19.8 Å². The fraction of sp³-hybridized carbons (Fsp3) is 1.00. The third-order valence-corrected chi connectivity index (χ3v) is 3.07. The largest absolute Gasteiger partial charge is 0.447 e. The van der Waals surface area contributed by atoms with Crippen LogP contribution < -0.4 is 0 Å². The molecule has 1 N–H and O–H groups in total. The molecule has 0 aliphatic rings. The summed E-state index contributed by atoms with van der Waals surface area (Å²) in [6.07, 6.45) is 0. The molecule has 32 valence electrons. The van der Waals surface area contributed by atoms with Gasteiger partial charge in [-0.3, -0.25) is 0 Å². The average molecular weight is 108 g/mol. The maximum atomic E-state index is 8.31. The van der Waals surface area contributed by atoms with Crippen molar-refractivity contribution in [1.82, 2.24) is 0 Å². The first-order chi connectivity index (χ1) is 2.27. The Kier molecular flexibility index (Phi) is 2.77. The van der Waals surface area contributed by atoms with Crippen molar-refractivity contribution in [3.05, 3.63) is 0 Å². The molecule has 0 amide bonds. The van der Waals surface area contributed by atoms with E-state index in [4.69, 9.17) is 4.80 Å². The molecule has 0 aliphatic carbocycles. The van der Waals surface area contributed by atoms with Crippen LogP contribution in [0.15, 0.2) is 0 Å². The van der Waals surface area contributed by atoms with E-state index in [0.29, 0.717) is 10.5 Å². The summed E-state index contributed by atoms with van der Waals surface area (Å²) in [5.41, 5.74) is 0. The van der Waals surface area contributed by atoms with Gasteiger partial charge in [0.05, 0.1) is 0 Å². The van der Waals surface area contributed by atoms with Crippen LogP contribution >= 0.6 is 0 Å². The molecule has 0 saturated carbocycles. The van der Waals surface area contributed by atoms with Gasteiger partial charge in [0, 0.05) is 0 Å². The van der Waals surface area contributed by atoms with Crippen LogP contribution in [0.3, 0.4) is 0 Å². The van der Waals surface area contributed by atoms with E-state index in [2.05, 4.69) is 4.12 Å². The van der Waals surface area contributed by atoms with E-state index < -0.39 is 9.28 Å². The molecular formula is CH8O2Si2. The Morgan fingerprint density at radius 1 is 2.00 bits per heavy atom. The van der Waals surface area contributed by atoms with E-state index >= 15 is 0 Å². The van der Waals surface area contributed by atoms with Gasteiger partial charge in [-0.05, 0) is 6.55 Å². The Hall–Kier alpha value is 0.354. The Morgan fingerprint density at radius 3 is 2.20 bits per heavy atom. The van der Waals surface area contributed by atoms with Crippen LogP contribution in [-0.4, -0.2) is 24.6 Å². The van der Waals surface area contributed by atoms with Crippen LogP contribution in [-0.2, 0) is 4.12 Å². The lowest BCUT2D eigenvalue weighted by atomic mass is 11.9. The SMILES string of the molecule is C[SiH](O)O[SiH3]. The van der Waals surface area contributed by atoms with Gasteiger partial charge in [0.1, 0.15) is 10.5 Å². The molecule has 1 unspecified atom stereocenters. The summed E-state index contributed by atoms with van der Waals surface area (Å²) >= 11 is 0. The average Bonchev–Trinajstić information content (AvgIpc) is 1.38. The second kappa shape index (κ2) is 2.58. The zero-order valence-corrected chi connectivity index (χ0v) is 6.59. The second-order valence-electron chi connectivity index (χ2n) is 0.835. The van der Waals surface area contributed by atoms with Crippen LogP contribution in [0.4, 0.5) is 0 Å². The highest BCUT2D eigenvalue weighted by Gasteiger charge is 1.86. The zero-order chi connectivity index (χ0) is 4.28.